The molecule has 0 radical (unpaired) electrons. The molecule has 10 heteroatoms. The quantitative estimate of drug-likeness (QED) is 0.302. The van der Waals surface area contributed by atoms with E-state index < -0.39 is 22.4 Å². The van der Waals surface area contributed by atoms with Crippen LogP contribution in [-0.2, 0) is 13.9 Å². The second kappa shape index (κ2) is 12.2. The molecule has 0 saturated carbocycles. The van der Waals surface area contributed by atoms with Gasteiger partial charge in [0.05, 0.1) is 0 Å². The van der Waals surface area contributed by atoms with Gasteiger partial charge in [-0.2, -0.15) is 0 Å². The zero-order valence-corrected chi connectivity index (χ0v) is 8.98. The second-order valence-corrected chi connectivity index (χ2v) is 2.66. The van der Waals surface area contributed by atoms with Crippen molar-refractivity contribution in [2.75, 3.05) is 0 Å². The highest BCUT2D eigenvalue weighted by atomic mass is 31.1. The lowest BCUT2D eigenvalue weighted by Crippen LogP contribution is -2.10. The molecule has 0 rings (SSSR count). The molecule has 0 bridgehead atoms. The molecule has 6 N–H and O–H groups in total. The minimum Gasteiger partial charge on any atom is -0.366 e. The predicted molar refractivity (Wildman–Crippen MR) is 48.1 cm³/mol. The minimum absolute atomic E-state index is 0.398. The Bertz CT molecular complexity index is 196. The number of rotatable bonds is 1. The molecule has 0 aliphatic rings. The fraction of sp³-hybridized carbons (Fsp3) is 0.250. The molecule has 0 aromatic heterocycles. The maximum absolute atomic E-state index is 9.82. The number of amides is 1. The molecule has 0 spiro atoms. The Kier molecular flexibility index (Phi) is 16.6. The molecule has 0 atom stereocenters. The lowest BCUT2D eigenvalue weighted by molar-refractivity contribution is -0.114. The van der Waals surface area contributed by atoms with Crippen molar-refractivity contribution in [3.05, 3.63) is 12.2 Å². The summed E-state index contributed by atoms with van der Waals surface area (Å²) in [6, 6.07) is 0. The van der Waals surface area contributed by atoms with Gasteiger partial charge in [-0.1, -0.05) is 6.58 Å². The Balaban J connectivity index is -0.000000135. The topological polar surface area (TPSA) is 158 Å². The highest BCUT2D eigenvalue weighted by Crippen LogP contribution is 1.98. The van der Waals surface area contributed by atoms with Crippen molar-refractivity contribution in [2.24, 2.45) is 5.73 Å². The molecule has 0 aromatic rings. The molecule has 0 heterocycles. The van der Waals surface area contributed by atoms with Crippen LogP contribution in [0.1, 0.15) is 6.92 Å². The van der Waals surface area contributed by atoms with Gasteiger partial charge in [-0.15, -0.1) is 19.6 Å². The van der Waals surface area contributed by atoms with Crippen molar-refractivity contribution in [3.8, 4) is 0 Å². The number of carbonyl (C=O) groups is 1. The molecular weight excluding hydrogens is 236 g/mol. The van der Waals surface area contributed by atoms with E-state index in [9.17, 15) is 4.79 Å². The fourth-order valence-corrected chi connectivity index (χ4v) is 0. The molecule has 1 amide bonds. The monoisotopic (exact) mass is 247 g/mol. The van der Waals surface area contributed by atoms with Gasteiger partial charge < -0.3 is 5.73 Å². The molecule has 0 aliphatic heterocycles. The van der Waals surface area contributed by atoms with Crippen LogP contribution in [0.25, 0.3) is 0 Å². The summed E-state index contributed by atoms with van der Waals surface area (Å²) in [5, 5.41) is 0. The number of hydrogen-bond donors (Lipinski definition) is 5. The van der Waals surface area contributed by atoms with E-state index in [0.717, 1.165) is 0 Å². The molecular formula is C4H11NO7P2+2. The van der Waals surface area contributed by atoms with E-state index in [1.165, 1.54) is 0 Å². The average molecular weight is 247 g/mol. The van der Waals surface area contributed by atoms with E-state index in [0.29, 0.717) is 5.57 Å². The van der Waals surface area contributed by atoms with E-state index >= 15 is 0 Å². The molecule has 82 valence electrons. The van der Waals surface area contributed by atoms with E-state index in [1.807, 2.05) is 0 Å². The Morgan fingerprint density at radius 1 is 1.14 bits per heavy atom. The summed E-state index contributed by atoms with van der Waals surface area (Å²) in [6.07, 6.45) is 0. The Hall–Kier alpha value is -0.750. The summed E-state index contributed by atoms with van der Waals surface area (Å²) in [4.78, 5) is 38.3. The molecule has 0 aliphatic carbocycles. The number of hydrogen-bond acceptors (Lipinski definition) is 3. The third-order valence-corrected chi connectivity index (χ3v) is 0.421. The lowest BCUT2D eigenvalue weighted by Gasteiger charge is -1.81. The normalized spacial score (nSPS) is 6.93. The molecule has 0 fully saturated rings. The summed E-state index contributed by atoms with van der Waals surface area (Å²) in [5.74, 6) is -0.435. The van der Waals surface area contributed by atoms with E-state index in [1.54, 1.807) is 6.92 Å². The second-order valence-electron chi connectivity index (χ2n) is 1.65. The summed E-state index contributed by atoms with van der Waals surface area (Å²) >= 11 is 0. The van der Waals surface area contributed by atoms with Crippen molar-refractivity contribution in [1.82, 2.24) is 0 Å². The Labute approximate surface area is 81.6 Å². The molecule has 14 heavy (non-hydrogen) atoms. The van der Waals surface area contributed by atoms with Gasteiger partial charge in [0.1, 0.15) is 0 Å². The largest absolute Gasteiger partial charge is 0.692 e. The molecule has 0 unspecified atom stereocenters. The van der Waals surface area contributed by atoms with Gasteiger partial charge in [0.25, 0.3) is 0 Å². The lowest BCUT2D eigenvalue weighted by atomic mass is 10.3. The maximum Gasteiger partial charge on any atom is 0.692 e. The Morgan fingerprint density at radius 2 is 1.21 bits per heavy atom. The number of primary amides is 1. The van der Waals surface area contributed by atoms with Gasteiger partial charge in [0, 0.05) is 14.7 Å². The maximum atomic E-state index is 9.82. The van der Waals surface area contributed by atoms with Crippen LogP contribution in [0, 0.1) is 0 Å². The van der Waals surface area contributed by atoms with Gasteiger partial charge in [-0.05, 0) is 6.92 Å². The smallest absolute Gasteiger partial charge is 0.366 e. The zero-order valence-electron chi connectivity index (χ0n) is 7.19. The van der Waals surface area contributed by atoms with Crippen molar-refractivity contribution >= 4 is 22.4 Å². The van der Waals surface area contributed by atoms with Gasteiger partial charge in [0.15, 0.2) is 0 Å². The number of nitrogens with two attached hydrogens (primary N) is 1. The van der Waals surface area contributed by atoms with Crippen LogP contribution in [-0.4, -0.2) is 25.5 Å². The SMILES string of the molecule is C=C(C)C(N)=O.O=[P+](O)O.O=[P+](O)O. The first kappa shape index (κ1) is 18.9. The summed E-state index contributed by atoms with van der Waals surface area (Å²) < 4.78 is 17.4. The minimum atomic E-state index is -2.87. The van der Waals surface area contributed by atoms with Gasteiger partial charge >= 0.3 is 16.5 Å². The van der Waals surface area contributed by atoms with Crippen molar-refractivity contribution < 1.29 is 33.5 Å². The average Bonchev–Trinajstić information content (AvgIpc) is 1.83. The van der Waals surface area contributed by atoms with Gasteiger partial charge in [0.2, 0.25) is 5.91 Å². The van der Waals surface area contributed by atoms with E-state index in [4.69, 9.17) is 34.4 Å². The van der Waals surface area contributed by atoms with Crippen molar-refractivity contribution in [1.29, 1.82) is 0 Å². The van der Waals surface area contributed by atoms with E-state index in [-0.39, 0.29) is 0 Å². The van der Waals surface area contributed by atoms with Crippen LogP contribution >= 0.6 is 16.5 Å². The van der Waals surface area contributed by atoms with Crippen LogP contribution in [0.2, 0.25) is 0 Å². The first-order chi connectivity index (χ1) is 6.11. The van der Waals surface area contributed by atoms with Crippen LogP contribution in [0.4, 0.5) is 0 Å². The Morgan fingerprint density at radius 3 is 1.21 bits per heavy atom. The van der Waals surface area contributed by atoms with Crippen LogP contribution in [0.3, 0.4) is 0 Å². The van der Waals surface area contributed by atoms with E-state index in [2.05, 4.69) is 6.58 Å². The van der Waals surface area contributed by atoms with Crippen LogP contribution in [0.5, 0.6) is 0 Å². The van der Waals surface area contributed by atoms with Crippen molar-refractivity contribution in [3.63, 3.8) is 0 Å². The predicted octanol–water partition coefficient (Wildman–Crippen LogP) is -0.695. The third kappa shape index (κ3) is 112. The van der Waals surface area contributed by atoms with Crippen LogP contribution < -0.4 is 5.73 Å². The fourth-order valence-electron chi connectivity index (χ4n) is 0. The van der Waals surface area contributed by atoms with Crippen molar-refractivity contribution in [2.45, 2.75) is 6.92 Å². The zero-order chi connectivity index (χ0) is 12.3. The highest BCUT2D eigenvalue weighted by molar-refractivity contribution is 7.31. The summed E-state index contributed by atoms with van der Waals surface area (Å²) in [5.41, 5.74) is 5.09. The van der Waals surface area contributed by atoms with Gasteiger partial charge in [-0.3, -0.25) is 4.79 Å². The molecule has 8 nitrogen and oxygen atoms in total. The molecule has 0 aromatic carbocycles. The first-order valence-corrected chi connectivity index (χ1v) is 5.09. The highest BCUT2D eigenvalue weighted by Gasteiger charge is 1.93. The standard InChI is InChI=1S/C4H7NO.2HO3P/c1-3(2)4(5)6;2*1-4(2)3/h1H2,2H3,(H2,5,6);2*(H-,1,2,3)/p+2. The third-order valence-electron chi connectivity index (χ3n) is 0.421. The first-order valence-electron chi connectivity index (χ1n) is 2.76. The molecule has 0 saturated heterocycles. The summed E-state index contributed by atoms with van der Waals surface area (Å²) in [6.45, 7) is 4.85. The number of carbonyl (C=O) groups excluding carboxylic acids is 1. The summed E-state index contributed by atoms with van der Waals surface area (Å²) in [7, 11) is -5.74. The van der Waals surface area contributed by atoms with Gasteiger partial charge in [-0.25, -0.2) is 0 Å². The van der Waals surface area contributed by atoms with Crippen LogP contribution in [0.15, 0.2) is 12.2 Å².